The number of carbonyl (C=O) groups excluding carboxylic acids is 1. The minimum atomic E-state index is -1.25. The molecule has 1 amide bonds. The lowest BCUT2D eigenvalue weighted by molar-refractivity contribution is 0.0490. The van der Waals surface area contributed by atoms with Crippen LogP contribution in [0.5, 0.6) is 5.75 Å². The summed E-state index contributed by atoms with van der Waals surface area (Å²) >= 11 is 6.66. The largest absolute Gasteiger partial charge is 0.493 e. The molecule has 0 aliphatic heterocycles. The summed E-state index contributed by atoms with van der Waals surface area (Å²) in [6.45, 7) is 9.37. The molecule has 7 heteroatoms. The number of aryl methyl sites for hydroxylation is 1. The van der Waals surface area contributed by atoms with Crippen LogP contribution in [0.15, 0.2) is 42.5 Å². The molecule has 0 spiro atoms. The number of alkyl carbamates (subject to hydrolysis) is 1. The van der Waals surface area contributed by atoms with Crippen molar-refractivity contribution < 1.29 is 19.4 Å². The van der Waals surface area contributed by atoms with Crippen LogP contribution in [0.4, 0.5) is 4.79 Å². The van der Waals surface area contributed by atoms with Gasteiger partial charge in [-0.3, -0.25) is 0 Å². The average Bonchev–Trinajstić information content (AvgIpc) is 3.25. The van der Waals surface area contributed by atoms with Crippen LogP contribution in [0.3, 0.4) is 0 Å². The number of halogens is 1. The summed E-state index contributed by atoms with van der Waals surface area (Å²) in [7, 11) is 0. The number of ether oxygens (including phenoxy) is 2. The number of carbonyl (C=O) groups is 1. The third-order valence-electron chi connectivity index (χ3n) is 6.52. The van der Waals surface area contributed by atoms with Crippen LogP contribution in [0, 0.1) is 11.3 Å². The Balaban J connectivity index is 1.86. The molecule has 0 bridgehead atoms. The van der Waals surface area contributed by atoms with Gasteiger partial charge in [0.15, 0.2) is 0 Å². The number of aliphatic hydroxyl groups excluding tert-OH is 1. The Hall–Kier alpha value is -3.53. The maximum Gasteiger partial charge on any atom is 0.407 e. The van der Waals surface area contributed by atoms with Crippen LogP contribution in [0.25, 0.3) is 22.3 Å². The molecule has 0 heterocycles. The van der Waals surface area contributed by atoms with Crippen LogP contribution >= 0.6 is 11.6 Å². The van der Waals surface area contributed by atoms with Crippen molar-refractivity contribution in [1.29, 1.82) is 5.26 Å². The van der Waals surface area contributed by atoms with E-state index in [1.807, 2.05) is 19.1 Å². The minimum Gasteiger partial charge on any atom is -0.493 e. The van der Waals surface area contributed by atoms with Gasteiger partial charge in [0.25, 0.3) is 0 Å². The maximum absolute atomic E-state index is 12.3. The van der Waals surface area contributed by atoms with Crippen molar-refractivity contribution in [2.45, 2.75) is 59.2 Å². The predicted molar refractivity (Wildman–Crippen MR) is 150 cm³/mol. The fourth-order valence-corrected chi connectivity index (χ4v) is 5.17. The number of benzene rings is 3. The fraction of sp³-hybridized carbons (Fsp3) is 0.355. The molecule has 0 saturated heterocycles. The molecule has 0 aromatic heterocycles. The highest BCUT2D eigenvalue weighted by atomic mass is 35.5. The normalized spacial score (nSPS) is 12.8. The summed E-state index contributed by atoms with van der Waals surface area (Å²) in [6.07, 6.45) is -0.324. The first-order valence-corrected chi connectivity index (χ1v) is 13.2. The Morgan fingerprint density at radius 3 is 2.45 bits per heavy atom. The Morgan fingerprint density at radius 2 is 1.82 bits per heavy atom. The van der Waals surface area contributed by atoms with Crippen molar-refractivity contribution in [2.24, 2.45) is 0 Å². The standard InChI is InChI=1S/C31H33ClN2O4/c1-6-18-12-21-20-11-9-8-10-19(20)14-23(21)22(13-18)24-15-26(32)25(16-33)28(29(24)37-7-2)27(35)17-34-30(36)38-31(3,4)5/h8-13,15,27,35H,6-7,14,17H2,1-5H3,(H,34,36). The van der Waals surface area contributed by atoms with Crippen LogP contribution < -0.4 is 10.1 Å². The maximum atomic E-state index is 12.3. The number of hydrogen-bond donors (Lipinski definition) is 2. The number of fused-ring (bicyclic) bond motifs is 3. The van der Waals surface area contributed by atoms with E-state index in [0.717, 1.165) is 29.5 Å². The van der Waals surface area contributed by atoms with Gasteiger partial charge in [-0.2, -0.15) is 5.26 Å². The summed E-state index contributed by atoms with van der Waals surface area (Å²) < 4.78 is 11.4. The topological polar surface area (TPSA) is 91.6 Å². The van der Waals surface area contributed by atoms with Crippen molar-refractivity contribution in [2.75, 3.05) is 13.2 Å². The van der Waals surface area contributed by atoms with Gasteiger partial charge in [0.1, 0.15) is 23.5 Å². The van der Waals surface area contributed by atoms with Gasteiger partial charge in [0.2, 0.25) is 0 Å². The summed E-state index contributed by atoms with van der Waals surface area (Å²) in [6, 6.07) is 16.6. The van der Waals surface area contributed by atoms with Gasteiger partial charge in [0.05, 0.1) is 23.7 Å². The summed E-state index contributed by atoms with van der Waals surface area (Å²) in [5, 5.41) is 24.0. The van der Waals surface area contributed by atoms with Gasteiger partial charge < -0.3 is 19.9 Å². The zero-order chi connectivity index (χ0) is 27.6. The third-order valence-corrected chi connectivity index (χ3v) is 6.82. The van der Waals surface area contributed by atoms with E-state index in [1.165, 1.54) is 16.7 Å². The van der Waals surface area contributed by atoms with Crippen LogP contribution in [-0.4, -0.2) is 30.0 Å². The number of nitrogens with one attached hydrogen (secondary N) is 1. The second kappa shape index (κ2) is 11.1. The predicted octanol–water partition coefficient (Wildman–Crippen LogP) is 6.97. The Bertz CT molecular complexity index is 1420. The molecule has 0 radical (unpaired) electrons. The van der Waals surface area contributed by atoms with Gasteiger partial charge in [-0.15, -0.1) is 0 Å². The minimum absolute atomic E-state index is 0.115. The summed E-state index contributed by atoms with van der Waals surface area (Å²) in [5.41, 5.74) is 7.28. The monoisotopic (exact) mass is 532 g/mol. The van der Waals surface area contributed by atoms with E-state index in [-0.39, 0.29) is 22.7 Å². The molecule has 4 rings (SSSR count). The lowest BCUT2D eigenvalue weighted by atomic mass is 9.88. The number of nitriles is 1. The second-order valence-corrected chi connectivity index (χ2v) is 10.7. The van der Waals surface area contributed by atoms with Crippen molar-refractivity contribution in [3.8, 4) is 34.1 Å². The first-order chi connectivity index (χ1) is 18.1. The van der Waals surface area contributed by atoms with Gasteiger partial charge in [-0.05, 0) is 80.0 Å². The highest BCUT2D eigenvalue weighted by molar-refractivity contribution is 6.32. The number of hydrogen-bond acceptors (Lipinski definition) is 5. The summed E-state index contributed by atoms with van der Waals surface area (Å²) in [5.74, 6) is 0.387. The Labute approximate surface area is 229 Å². The van der Waals surface area contributed by atoms with E-state index in [1.54, 1.807) is 26.8 Å². The molecule has 0 fully saturated rings. The van der Waals surface area contributed by atoms with E-state index in [9.17, 15) is 15.2 Å². The van der Waals surface area contributed by atoms with E-state index in [2.05, 4.69) is 42.6 Å². The van der Waals surface area contributed by atoms with Crippen LogP contribution in [0.1, 0.15) is 68.5 Å². The van der Waals surface area contributed by atoms with Crippen molar-refractivity contribution in [3.05, 3.63) is 75.3 Å². The first kappa shape index (κ1) is 27.5. The first-order valence-electron chi connectivity index (χ1n) is 12.9. The van der Waals surface area contributed by atoms with Gasteiger partial charge in [-0.1, -0.05) is 54.9 Å². The number of rotatable bonds is 7. The molecular weight excluding hydrogens is 500 g/mol. The van der Waals surface area contributed by atoms with Crippen molar-refractivity contribution in [3.63, 3.8) is 0 Å². The van der Waals surface area contributed by atoms with E-state index in [0.29, 0.717) is 17.9 Å². The van der Waals surface area contributed by atoms with Gasteiger partial charge >= 0.3 is 6.09 Å². The van der Waals surface area contributed by atoms with Gasteiger partial charge in [0, 0.05) is 11.1 Å². The number of nitrogens with zero attached hydrogens (tertiary/aromatic N) is 1. The molecule has 0 saturated carbocycles. The fourth-order valence-electron chi connectivity index (χ4n) is 4.91. The number of aliphatic hydroxyl groups is 1. The van der Waals surface area contributed by atoms with Gasteiger partial charge in [-0.25, -0.2) is 4.79 Å². The highest BCUT2D eigenvalue weighted by Crippen LogP contribution is 2.48. The molecule has 1 aliphatic rings. The zero-order valence-electron chi connectivity index (χ0n) is 22.4. The van der Waals surface area contributed by atoms with Crippen molar-refractivity contribution >= 4 is 17.7 Å². The Morgan fingerprint density at radius 1 is 1.13 bits per heavy atom. The molecule has 3 aromatic rings. The smallest absolute Gasteiger partial charge is 0.407 e. The summed E-state index contributed by atoms with van der Waals surface area (Å²) in [4.78, 5) is 12.3. The number of amides is 1. The molecular formula is C31H33ClN2O4. The lowest BCUT2D eigenvalue weighted by Crippen LogP contribution is -2.35. The van der Waals surface area contributed by atoms with Crippen molar-refractivity contribution in [1.82, 2.24) is 5.32 Å². The zero-order valence-corrected chi connectivity index (χ0v) is 23.2. The molecule has 1 unspecified atom stereocenters. The van der Waals surface area contributed by atoms with Crippen LogP contribution in [0.2, 0.25) is 5.02 Å². The Kier molecular flexibility index (Phi) is 8.01. The molecule has 1 atom stereocenters. The highest BCUT2D eigenvalue weighted by Gasteiger charge is 2.29. The van der Waals surface area contributed by atoms with Crippen LogP contribution in [-0.2, 0) is 17.6 Å². The molecule has 6 nitrogen and oxygen atoms in total. The van der Waals surface area contributed by atoms with E-state index >= 15 is 0 Å². The molecule has 38 heavy (non-hydrogen) atoms. The average molecular weight is 533 g/mol. The molecule has 1 aliphatic carbocycles. The molecule has 3 aromatic carbocycles. The third kappa shape index (κ3) is 5.50. The quantitative estimate of drug-likeness (QED) is 0.268. The molecule has 2 N–H and O–H groups in total. The second-order valence-electron chi connectivity index (χ2n) is 10.3. The van der Waals surface area contributed by atoms with E-state index in [4.69, 9.17) is 21.1 Å². The molecule has 198 valence electrons. The lowest BCUT2D eigenvalue weighted by Gasteiger charge is -2.24. The van der Waals surface area contributed by atoms with E-state index < -0.39 is 17.8 Å². The SMILES string of the molecule is CCOc1c(-c2cc(CC)cc3c2Cc2ccccc2-3)cc(Cl)c(C#N)c1C(O)CNC(=O)OC(C)(C)C.